The maximum Gasteiger partial charge on any atom is 0.258 e. The Hall–Kier alpha value is -1.77. The SMILES string of the molecule is Cc1ccc(C)c(OCC(=O)NC2CC3C=CC2C3)c1C. The average molecular weight is 285 g/mol. The van der Waals surface area contributed by atoms with Crippen molar-refractivity contribution in [3.05, 3.63) is 41.0 Å². The van der Waals surface area contributed by atoms with E-state index in [0.717, 1.165) is 23.3 Å². The highest BCUT2D eigenvalue weighted by atomic mass is 16.5. The monoisotopic (exact) mass is 285 g/mol. The standard InChI is InChI=1S/C18H23NO2/c1-11-4-5-12(2)18(13(11)3)21-10-17(20)19-16-9-14-6-7-15(16)8-14/h4-7,14-16H,8-10H2,1-3H3,(H,19,20). The van der Waals surface area contributed by atoms with E-state index in [-0.39, 0.29) is 12.5 Å². The predicted molar refractivity (Wildman–Crippen MR) is 83.4 cm³/mol. The molecule has 0 aromatic heterocycles. The van der Waals surface area contributed by atoms with Gasteiger partial charge in [-0.3, -0.25) is 4.79 Å². The van der Waals surface area contributed by atoms with Gasteiger partial charge in [-0.05, 0) is 62.1 Å². The van der Waals surface area contributed by atoms with Crippen LogP contribution in [0.1, 0.15) is 29.5 Å². The summed E-state index contributed by atoms with van der Waals surface area (Å²) in [4.78, 5) is 12.1. The number of rotatable bonds is 4. The number of hydrogen-bond acceptors (Lipinski definition) is 2. The van der Waals surface area contributed by atoms with Crippen LogP contribution in [0.4, 0.5) is 0 Å². The van der Waals surface area contributed by atoms with Gasteiger partial charge in [-0.15, -0.1) is 0 Å². The molecule has 2 aliphatic carbocycles. The summed E-state index contributed by atoms with van der Waals surface area (Å²) in [7, 11) is 0. The second-order valence-corrected chi connectivity index (χ2v) is 6.40. The lowest BCUT2D eigenvalue weighted by atomic mass is 10.0. The van der Waals surface area contributed by atoms with Crippen LogP contribution in [-0.2, 0) is 4.79 Å². The van der Waals surface area contributed by atoms with Gasteiger partial charge in [-0.2, -0.15) is 0 Å². The first-order chi connectivity index (χ1) is 10.0. The highest BCUT2D eigenvalue weighted by Gasteiger charge is 2.36. The molecule has 2 aliphatic rings. The topological polar surface area (TPSA) is 38.3 Å². The van der Waals surface area contributed by atoms with Gasteiger partial charge in [-0.1, -0.05) is 24.3 Å². The number of nitrogens with one attached hydrogen (secondary N) is 1. The minimum absolute atomic E-state index is 0.0127. The molecule has 0 heterocycles. The smallest absolute Gasteiger partial charge is 0.258 e. The number of ether oxygens (including phenoxy) is 1. The first-order valence-electron chi connectivity index (χ1n) is 7.72. The molecular formula is C18H23NO2. The molecule has 112 valence electrons. The van der Waals surface area contributed by atoms with E-state index in [1.165, 1.54) is 12.0 Å². The van der Waals surface area contributed by atoms with Crippen molar-refractivity contribution >= 4 is 5.91 Å². The van der Waals surface area contributed by atoms with E-state index in [0.29, 0.717) is 17.9 Å². The molecule has 1 fully saturated rings. The van der Waals surface area contributed by atoms with Crippen molar-refractivity contribution in [2.24, 2.45) is 11.8 Å². The molecule has 3 unspecified atom stereocenters. The van der Waals surface area contributed by atoms with Crippen LogP contribution in [0.2, 0.25) is 0 Å². The lowest BCUT2D eigenvalue weighted by Crippen LogP contribution is -2.40. The van der Waals surface area contributed by atoms with E-state index in [1.807, 2.05) is 19.9 Å². The highest BCUT2D eigenvalue weighted by molar-refractivity contribution is 5.78. The van der Waals surface area contributed by atoms with Crippen LogP contribution in [0.15, 0.2) is 24.3 Å². The second-order valence-electron chi connectivity index (χ2n) is 6.40. The van der Waals surface area contributed by atoms with Crippen LogP contribution in [0.5, 0.6) is 5.75 Å². The summed E-state index contributed by atoms with van der Waals surface area (Å²) < 4.78 is 5.77. The third-order valence-electron chi connectivity index (χ3n) is 4.85. The van der Waals surface area contributed by atoms with Gasteiger partial charge >= 0.3 is 0 Å². The van der Waals surface area contributed by atoms with E-state index >= 15 is 0 Å². The molecule has 0 saturated heterocycles. The summed E-state index contributed by atoms with van der Waals surface area (Å²) in [6.07, 6.45) is 6.80. The summed E-state index contributed by atoms with van der Waals surface area (Å²) in [5.41, 5.74) is 3.38. The molecule has 0 aliphatic heterocycles. The van der Waals surface area contributed by atoms with Crippen molar-refractivity contribution in [1.29, 1.82) is 0 Å². The Morgan fingerprint density at radius 1 is 1.19 bits per heavy atom. The molecule has 1 aromatic carbocycles. The lowest BCUT2D eigenvalue weighted by molar-refractivity contribution is -0.124. The van der Waals surface area contributed by atoms with Crippen molar-refractivity contribution in [2.75, 3.05) is 6.61 Å². The molecule has 21 heavy (non-hydrogen) atoms. The molecule has 1 aromatic rings. The average Bonchev–Trinajstić information content (AvgIpc) is 3.05. The molecule has 3 rings (SSSR count). The van der Waals surface area contributed by atoms with Crippen LogP contribution in [0.25, 0.3) is 0 Å². The van der Waals surface area contributed by atoms with E-state index in [9.17, 15) is 4.79 Å². The molecule has 0 radical (unpaired) electrons. The van der Waals surface area contributed by atoms with Crippen LogP contribution in [0.3, 0.4) is 0 Å². The van der Waals surface area contributed by atoms with Crippen molar-refractivity contribution in [3.8, 4) is 5.75 Å². The number of hydrogen-bond donors (Lipinski definition) is 1. The molecule has 1 amide bonds. The fourth-order valence-corrected chi connectivity index (χ4v) is 3.48. The van der Waals surface area contributed by atoms with E-state index in [1.54, 1.807) is 0 Å². The van der Waals surface area contributed by atoms with Gasteiger partial charge in [0, 0.05) is 6.04 Å². The molecule has 0 spiro atoms. The molecular weight excluding hydrogens is 262 g/mol. The number of amides is 1. The minimum atomic E-state index is -0.0127. The zero-order chi connectivity index (χ0) is 15.0. The lowest BCUT2D eigenvalue weighted by Gasteiger charge is -2.20. The number of aryl methyl sites for hydroxylation is 2. The van der Waals surface area contributed by atoms with Gasteiger partial charge in [0.05, 0.1) is 0 Å². The molecule has 1 saturated carbocycles. The summed E-state index contributed by atoms with van der Waals surface area (Å²) in [5, 5.41) is 3.12. The van der Waals surface area contributed by atoms with Crippen LogP contribution in [-0.4, -0.2) is 18.6 Å². The van der Waals surface area contributed by atoms with Gasteiger partial charge in [0.2, 0.25) is 0 Å². The Kier molecular flexibility index (Phi) is 3.75. The second kappa shape index (κ2) is 5.55. The Morgan fingerprint density at radius 3 is 2.62 bits per heavy atom. The predicted octanol–water partition coefficient (Wildman–Crippen LogP) is 3.07. The van der Waals surface area contributed by atoms with Crippen LogP contribution < -0.4 is 10.1 Å². The third-order valence-corrected chi connectivity index (χ3v) is 4.85. The largest absolute Gasteiger partial charge is 0.483 e. The molecule has 2 bridgehead atoms. The van der Waals surface area contributed by atoms with E-state index in [4.69, 9.17) is 4.74 Å². The zero-order valence-corrected chi connectivity index (χ0v) is 13.0. The van der Waals surface area contributed by atoms with Gasteiger partial charge < -0.3 is 10.1 Å². The van der Waals surface area contributed by atoms with Gasteiger partial charge in [-0.25, -0.2) is 0 Å². The quantitative estimate of drug-likeness (QED) is 0.863. The Labute approximate surface area is 126 Å². The van der Waals surface area contributed by atoms with E-state index < -0.39 is 0 Å². The zero-order valence-electron chi connectivity index (χ0n) is 13.0. The molecule has 1 N–H and O–H groups in total. The van der Waals surface area contributed by atoms with Crippen LogP contribution in [0, 0.1) is 32.6 Å². The summed E-state index contributed by atoms with van der Waals surface area (Å²) in [6, 6.07) is 4.42. The van der Waals surface area contributed by atoms with Gasteiger partial charge in [0.15, 0.2) is 6.61 Å². The van der Waals surface area contributed by atoms with Crippen LogP contribution >= 0.6 is 0 Å². The maximum atomic E-state index is 12.1. The highest BCUT2D eigenvalue weighted by Crippen LogP contribution is 2.38. The Morgan fingerprint density at radius 2 is 1.95 bits per heavy atom. The summed E-state index contributed by atoms with van der Waals surface area (Å²) in [5.74, 6) is 2.03. The molecule has 3 heteroatoms. The van der Waals surface area contributed by atoms with Crippen molar-refractivity contribution in [3.63, 3.8) is 0 Å². The van der Waals surface area contributed by atoms with Crippen molar-refractivity contribution in [2.45, 2.75) is 39.7 Å². The summed E-state index contributed by atoms with van der Waals surface area (Å²) >= 11 is 0. The maximum absolute atomic E-state index is 12.1. The van der Waals surface area contributed by atoms with Crippen molar-refractivity contribution in [1.82, 2.24) is 5.32 Å². The minimum Gasteiger partial charge on any atom is -0.483 e. The normalized spacial score (nSPS) is 26.1. The number of fused-ring (bicyclic) bond motifs is 2. The third kappa shape index (κ3) is 2.82. The fraction of sp³-hybridized carbons (Fsp3) is 0.500. The van der Waals surface area contributed by atoms with Crippen molar-refractivity contribution < 1.29 is 9.53 Å². The number of benzene rings is 1. The Balaban J connectivity index is 1.57. The molecule has 3 atom stereocenters. The number of carbonyl (C=O) groups is 1. The first-order valence-corrected chi connectivity index (χ1v) is 7.72. The Bertz CT molecular complexity index is 591. The first kappa shape index (κ1) is 14.2. The van der Waals surface area contributed by atoms with E-state index in [2.05, 4.69) is 30.5 Å². The fourth-order valence-electron chi connectivity index (χ4n) is 3.48. The van der Waals surface area contributed by atoms with Gasteiger partial charge in [0.25, 0.3) is 5.91 Å². The molecule has 3 nitrogen and oxygen atoms in total. The number of carbonyl (C=O) groups excluding carboxylic acids is 1. The number of allylic oxidation sites excluding steroid dienone is 1. The van der Waals surface area contributed by atoms with Gasteiger partial charge in [0.1, 0.15) is 5.75 Å². The summed E-state index contributed by atoms with van der Waals surface area (Å²) in [6.45, 7) is 6.21.